The van der Waals surface area contributed by atoms with Gasteiger partial charge in [0.15, 0.2) is 0 Å². The molecular weight excluding hydrogens is 501 g/mol. The molecule has 0 aliphatic carbocycles. The molecule has 1 aliphatic rings. The second kappa shape index (κ2) is 12.0. The highest BCUT2D eigenvalue weighted by atomic mass is 19.1. The molecule has 4 aromatic carbocycles. The number of rotatable bonds is 7. The SMILES string of the molecule is C[C@@H]1CN([C@@H](c2cccc(O)c2)c2cccc(C(=O)N(C)c3cccc(F)c3)c2)[C@@H](C)CN1Cc1ccccc1. The molecular formula is C34H36FN3O2. The van der Waals surface area contributed by atoms with Crippen LogP contribution in [0, 0.1) is 5.82 Å². The summed E-state index contributed by atoms with van der Waals surface area (Å²) in [7, 11) is 1.66. The Kier molecular flexibility index (Phi) is 8.29. The molecule has 1 amide bonds. The number of benzene rings is 4. The first-order chi connectivity index (χ1) is 19.3. The van der Waals surface area contributed by atoms with Crippen molar-refractivity contribution in [2.24, 2.45) is 0 Å². The fourth-order valence-electron chi connectivity index (χ4n) is 5.73. The predicted octanol–water partition coefficient (Wildman–Crippen LogP) is 6.49. The number of anilines is 1. The Balaban J connectivity index is 1.46. The van der Waals surface area contributed by atoms with Crippen molar-refractivity contribution in [3.05, 3.63) is 131 Å². The Morgan fingerprint density at radius 2 is 1.57 bits per heavy atom. The fraction of sp³-hybridized carbons (Fsp3) is 0.265. The second-order valence-electron chi connectivity index (χ2n) is 10.8. The molecule has 4 aromatic rings. The van der Waals surface area contributed by atoms with E-state index in [1.165, 1.54) is 22.6 Å². The monoisotopic (exact) mass is 537 g/mol. The van der Waals surface area contributed by atoms with Crippen molar-refractivity contribution >= 4 is 11.6 Å². The van der Waals surface area contributed by atoms with Crippen LogP contribution >= 0.6 is 0 Å². The lowest BCUT2D eigenvalue weighted by Gasteiger charge is -2.47. The molecule has 206 valence electrons. The van der Waals surface area contributed by atoms with Gasteiger partial charge in [0.1, 0.15) is 11.6 Å². The first-order valence-electron chi connectivity index (χ1n) is 13.8. The highest BCUT2D eigenvalue weighted by Crippen LogP contribution is 2.35. The molecule has 6 heteroatoms. The zero-order valence-electron chi connectivity index (χ0n) is 23.2. The van der Waals surface area contributed by atoms with Crippen LogP contribution in [0.3, 0.4) is 0 Å². The standard InChI is InChI=1S/C34H36FN3O2/c1-24-22-38(25(2)21-37(24)23-26-10-5-4-6-11-26)33(28-13-8-17-32(39)19-28)27-12-7-14-29(18-27)34(40)36(3)31-16-9-15-30(35)20-31/h4-20,24-25,33,39H,21-23H2,1-3H3/t24-,25+,33-/m1/s1. The number of piperazine rings is 1. The van der Waals surface area contributed by atoms with Crippen LogP contribution in [0.25, 0.3) is 0 Å². The first kappa shape index (κ1) is 27.6. The van der Waals surface area contributed by atoms with Gasteiger partial charge in [0.05, 0.1) is 6.04 Å². The lowest BCUT2D eigenvalue weighted by atomic mass is 9.92. The summed E-state index contributed by atoms with van der Waals surface area (Å²) in [5, 5.41) is 10.4. The van der Waals surface area contributed by atoms with E-state index >= 15 is 0 Å². The van der Waals surface area contributed by atoms with E-state index in [-0.39, 0.29) is 29.6 Å². The van der Waals surface area contributed by atoms with Crippen molar-refractivity contribution in [1.82, 2.24) is 9.80 Å². The van der Waals surface area contributed by atoms with Gasteiger partial charge in [-0.3, -0.25) is 14.6 Å². The minimum Gasteiger partial charge on any atom is -0.508 e. The molecule has 1 saturated heterocycles. The Morgan fingerprint density at radius 1 is 0.875 bits per heavy atom. The van der Waals surface area contributed by atoms with Gasteiger partial charge in [0, 0.05) is 50.0 Å². The number of amides is 1. The predicted molar refractivity (Wildman–Crippen MR) is 158 cm³/mol. The zero-order valence-corrected chi connectivity index (χ0v) is 23.2. The molecule has 1 aliphatic heterocycles. The molecule has 0 saturated carbocycles. The van der Waals surface area contributed by atoms with E-state index in [1.807, 2.05) is 42.5 Å². The van der Waals surface area contributed by atoms with Crippen LogP contribution in [0.2, 0.25) is 0 Å². The van der Waals surface area contributed by atoms with Crippen LogP contribution < -0.4 is 4.90 Å². The average Bonchev–Trinajstić information content (AvgIpc) is 2.96. The van der Waals surface area contributed by atoms with Gasteiger partial charge in [0.25, 0.3) is 5.91 Å². The summed E-state index contributed by atoms with van der Waals surface area (Å²) >= 11 is 0. The summed E-state index contributed by atoms with van der Waals surface area (Å²) in [6.45, 7) is 7.12. The van der Waals surface area contributed by atoms with Crippen LogP contribution in [0.15, 0.2) is 103 Å². The van der Waals surface area contributed by atoms with E-state index < -0.39 is 0 Å². The molecule has 0 aromatic heterocycles. The van der Waals surface area contributed by atoms with E-state index in [0.717, 1.165) is 30.8 Å². The van der Waals surface area contributed by atoms with Crippen molar-refractivity contribution in [3.8, 4) is 5.75 Å². The highest BCUT2D eigenvalue weighted by molar-refractivity contribution is 6.05. The fourth-order valence-corrected chi connectivity index (χ4v) is 5.73. The average molecular weight is 538 g/mol. The van der Waals surface area contributed by atoms with Gasteiger partial charge in [-0.25, -0.2) is 4.39 Å². The number of nitrogens with zero attached hydrogens (tertiary/aromatic N) is 3. The largest absolute Gasteiger partial charge is 0.508 e. The van der Waals surface area contributed by atoms with E-state index in [0.29, 0.717) is 17.3 Å². The smallest absolute Gasteiger partial charge is 0.258 e. The number of carbonyl (C=O) groups is 1. The van der Waals surface area contributed by atoms with Crippen LogP contribution in [0.1, 0.15) is 46.9 Å². The van der Waals surface area contributed by atoms with Gasteiger partial charge in [-0.15, -0.1) is 0 Å². The molecule has 5 rings (SSSR count). The number of phenols is 1. The lowest BCUT2D eigenvalue weighted by molar-refractivity contribution is 0.0195. The minimum atomic E-state index is -0.385. The second-order valence-corrected chi connectivity index (χ2v) is 10.8. The maximum atomic E-state index is 13.8. The summed E-state index contributed by atoms with van der Waals surface area (Å²) in [6, 6.07) is 32.0. The summed E-state index contributed by atoms with van der Waals surface area (Å²) in [5.74, 6) is -0.385. The Bertz CT molecular complexity index is 1460. The van der Waals surface area contributed by atoms with Gasteiger partial charge in [-0.2, -0.15) is 0 Å². The third kappa shape index (κ3) is 6.09. The molecule has 1 heterocycles. The van der Waals surface area contributed by atoms with Crippen molar-refractivity contribution in [1.29, 1.82) is 0 Å². The first-order valence-corrected chi connectivity index (χ1v) is 13.8. The molecule has 0 unspecified atom stereocenters. The van der Waals surface area contributed by atoms with Crippen molar-refractivity contribution in [2.45, 2.75) is 38.5 Å². The van der Waals surface area contributed by atoms with Gasteiger partial charge < -0.3 is 10.0 Å². The molecule has 0 radical (unpaired) electrons. The number of aromatic hydroxyl groups is 1. The number of hydrogen-bond donors (Lipinski definition) is 1. The molecule has 1 N–H and O–H groups in total. The number of hydrogen-bond acceptors (Lipinski definition) is 4. The normalized spacial score (nSPS) is 18.8. The minimum absolute atomic E-state index is 0.157. The topological polar surface area (TPSA) is 47.0 Å². The third-order valence-corrected chi connectivity index (χ3v) is 7.86. The van der Waals surface area contributed by atoms with Crippen LogP contribution in [0.5, 0.6) is 5.75 Å². The van der Waals surface area contributed by atoms with Gasteiger partial charge in [-0.05, 0) is 73.0 Å². The van der Waals surface area contributed by atoms with E-state index in [2.05, 4.69) is 47.9 Å². The van der Waals surface area contributed by atoms with Crippen molar-refractivity contribution in [2.75, 3.05) is 25.0 Å². The molecule has 0 bridgehead atoms. The summed E-state index contributed by atoms with van der Waals surface area (Å²) in [6.07, 6.45) is 0. The van der Waals surface area contributed by atoms with Gasteiger partial charge >= 0.3 is 0 Å². The molecule has 1 fully saturated rings. The quantitative estimate of drug-likeness (QED) is 0.293. The summed E-state index contributed by atoms with van der Waals surface area (Å²) < 4.78 is 13.8. The molecule has 40 heavy (non-hydrogen) atoms. The van der Waals surface area contributed by atoms with Gasteiger partial charge in [0.2, 0.25) is 0 Å². The van der Waals surface area contributed by atoms with E-state index in [4.69, 9.17) is 0 Å². The Labute approximate surface area is 236 Å². The summed E-state index contributed by atoms with van der Waals surface area (Å²) in [5.41, 5.74) is 4.27. The molecule has 5 nitrogen and oxygen atoms in total. The highest BCUT2D eigenvalue weighted by Gasteiger charge is 2.35. The van der Waals surface area contributed by atoms with Crippen molar-refractivity contribution in [3.63, 3.8) is 0 Å². The molecule has 0 spiro atoms. The van der Waals surface area contributed by atoms with Crippen LogP contribution in [0.4, 0.5) is 10.1 Å². The molecule has 3 atom stereocenters. The van der Waals surface area contributed by atoms with E-state index in [1.54, 1.807) is 31.3 Å². The van der Waals surface area contributed by atoms with Crippen LogP contribution in [-0.2, 0) is 6.54 Å². The third-order valence-electron chi connectivity index (χ3n) is 7.86. The summed E-state index contributed by atoms with van der Waals surface area (Å²) in [4.78, 5) is 19.9. The number of carbonyl (C=O) groups excluding carboxylic acids is 1. The van der Waals surface area contributed by atoms with E-state index in [9.17, 15) is 14.3 Å². The van der Waals surface area contributed by atoms with Crippen LogP contribution in [-0.4, -0.2) is 53.0 Å². The van der Waals surface area contributed by atoms with Crippen molar-refractivity contribution < 1.29 is 14.3 Å². The Morgan fingerprint density at radius 3 is 2.30 bits per heavy atom. The lowest BCUT2D eigenvalue weighted by Crippen LogP contribution is -2.56. The Hall–Kier alpha value is -4.00. The number of halogens is 1. The maximum absolute atomic E-state index is 13.8. The zero-order chi connectivity index (χ0) is 28.2. The maximum Gasteiger partial charge on any atom is 0.258 e. The van der Waals surface area contributed by atoms with Gasteiger partial charge in [-0.1, -0.05) is 60.7 Å². The number of phenolic OH excluding ortho intramolecular Hbond substituents is 1.